The van der Waals surface area contributed by atoms with Crippen molar-refractivity contribution in [2.45, 2.75) is 45.8 Å². The highest BCUT2D eigenvalue weighted by atomic mass is 16.6. The van der Waals surface area contributed by atoms with E-state index in [1.807, 2.05) is 20.8 Å². The smallest absolute Gasteiger partial charge is 0.410 e. The lowest BCUT2D eigenvalue weighted by Crippen LogP contribution is -2.49. The summed E-state index contributed by atoms with van der Waals surface area (Å²) in [6, 6.07) is 0.0929. The Hall–Kier alpha value is -1.46. The number of likely N-dealkylation sites (tertiary alicyclic amines) is 1. The van der Waals surface area contributed by atoms with Gasteiger partial charge in [-0.15, -0.1) is 0 Å². The molecule has 0 aromatic heterocycles. The van der Waals surface area contributed by atoms with Crippen LogP contribution in [0.4, 0.5) is 9.59 Å². The molecule has 19 heavy (non-hydrogen) atoms. The molecule has 0 aromatic rings. The van der Waals surface area contributed by atoms with E-state index >= 15 is 0 Å². The number of carbonyl (C=O) groups excluding carboxylic acids is 2. The Balaban J connectivity index is 2.33. The van der Waals surface area contributed by atoms with Crippen molar-refractivity contribution in [3.05, 3.63) is 0 Å². The molecule has 110 valence electrons. The third-order valence-corrected chi connectivity index (χ3v) is 3.24. The minimum absolute atomic E-state index is 0.0503. The molecule has 0 saturated carbocycles. The molecule has 1 aliphatic heterocycles. The number of nitrogens with one attached hydrogen (secondary N) is 1. The van der Waals surface area contributed by atoms with E-state index in [4.69, 9.17) is 4.74 Å². The van der Waals surface area contributed by atoms with Gasteiger partial charge in [0.05, 0.1) is 6.10 Å². The fraction of sp³-hybridized carbons (Fsp3) is 0.846. The number of carbonyl (C=O) groups is 2. The van der Waals surface area contributed by atoms with E-state index in [2.05, 4.69) is 5.32 Å². The fourth-order valence-corrected chi connectivity index (χ4v) is 1.91. The molecule has 3 amide bonds. The van der Waals surface area contributed by atoms with E-state index in [-0.39, 0.29) is 24.3 Å². The van der Waals surface area contributed by atoms with E-state index in [1.54, 1.807) is 16.8 Å². The third-order valence-electron chi connectivity index (χ3n) is 3.24. The molecule has 1 N–H and O–H groups in total. The lowest BCUT2D eigenvalue weighted by molar-refractivity contribution is 0.0681. The first-order valence-electron chi connectivity index (χ1n) is 6.91. The predicted molar refractivity (Wildman–Crippen MR) is 73.0 cm³/mol. The van der Waals surface area contributed by atoms with Crippen LogP contribution in [0.3, 0.4) is 0 Å². The van der Waals surface area contributed by atoms with Crippen LogP contribution in [0.5, 0.6) is 0 Å². The number of amides is 3. The van der Waals surface area contributed by atoms with Gasteiger partial charge in [0, 0.05) is 32.7 Å². The van der Waals surface area contributed by atoms with Crippen molar-refractivity contribution < 1.29 is 14.3 Å². The Kier molecular flexibility index (Phi) is 5.92. The fourth-order valence-electron chi connectivity index (χ4n) is 1.91. The molecule has 6 heteroatoms. The highest BCUT2D eigenvalue weighted by Gasteiger charge is 2.25. The summed E-state index contributed by atoms with van der Waals surface area (Å²) in [6.45, 7) is 7.56. The van der Waals surface area contributed by atoms with E-state index in [9.17, 15) is 9.59 Å². The molecule has 1 fully saturated rings. The van der Waals surface area contributed by atoms with Gasteiger partial charge in [-0.05, 0) is 33.6 Å². The number of hydrogen-bond acceptors (Lipinski definition) is 3. The van der Waals surface area contributed by atoms with Gasteiger partial charge in [-0.2, -0.15) is 0 Å². The molecule has 6 nitrogen and oxygen atoms in total. The molecule has 1 heterocycles. The minimum Gasteiger partial charge on any atom is -0.447 e. The molecule has 1 rings (SSSR count). The van der Waals surface area contributed by atoms with Crippen LogP contribution in [0.2, 0.25) is 0 Å². The van der Waals surface area contributed by atoms with Crippen molar-refractivity contribution in [2.75, 3.05) is 26.7 Å². The summed E-state index contributed by atoms with van der Waals surface area (Å²) in [4.78, 5) is 26.8. The molecule has 1 saturated heterocycles. The molecule has 0 radical (unpaired) electrons. The zero-order valence-corrected chi connectivity index (χ0v) is 12.3. The van der Waals surface area contributed by atoms with Crippen molar-refractivity contribution in [1.82, 2.24) is 15.1 Å². The lowest BCUT2D eigenvalue weighted by Gasteiger charge is -2.32. The van der Waals surface area contributed by atoms with E-state index in [0.717, 1.165) is 12.8 Å². The van der Waals surface area contributed by atoms with Gasteiger partial charge in [-0.1, -0.05) is 0 Å². The summed E-state index contributed by atoms with van der Waals surface area (Å²) < 4.78 is 5.15. The van der Waals surface area contributed by atoms with E-state index in [1.165, 1.54) is 0 Å². The molecule has 0 spiro atoms. The summed E-state index contributed by atoms with van der Waals surface area (Å²) in [7, 11) is 1.77. The summed E-state index contributed by atoms with van der Waals surface area (Å²) in [5.41, 5.74) is 0. The number of piperidine rings is 1. The van der Waals surface area contributed by atoms with Gasteiger partial charge < -0.3 is 19.9 Å². The average Bonchev–Trinajstić information content (AvgIpc) is 2.37. The standard InChI is InChI=1S/C13H25N3O3/c1-5-15(4)12(17)14-11-6-8-16(9-7-11)13(18)19-10(2)3/h10-11H,5-9H2,1-4H3,(H,14,17). The third kappa shape index (κ3) is 4.96. The highest BCUT2D eigenvalue weighted by Crippen LogP contribution is 2.12. The van der Waals surface area contributed by atoms with Crippen molar-refractivity contribution in [3.63, 3.8) is 0 Å². The minimum atomic E-state index is -0.259. The summed E-state index contributed by atoms with van der Waals surface area (Å²) >= 11 is 0. The average molecular weight is 271 g/mol. The Labute approximate surface area is 115 Å². The Morgan fingerprint density at radius 1 is 1.37 bits per heavy atom. The van der Waals surface area contributed by atoms with E-state index in [0.29, 0.717) is 19.6 Å². The number of ether oxygens (including phenoxy) is 1. The highest BCUT2D eigenvalue weighted by molar-refractivity contribution is 5.74. The van der Waals surface area contributed by atoms with Gasteiger partial charge in [-0.25, -0.2) is 9.59 Å². The van der Waals surface area contributed by atoms with Gasteiger partial charge in [0.15, 0.2) is 0 Å². The lowest BCUT2D eigenvalue weighted by atomic mass is 10.1. The van der Waals surface area contributed by atoms with Crippen LogP contribution in [-0.2, 0) is 4.74 Å². The normalized spacial score (nSPS) is 16.4. The summed E-state index contributed by atoms with van der Waals surface area (Å²) in [5.74, 6) is 0. The Morgan fingerprint density at radius 3 is 2.42 bits per heavy atom. The zero-order chi connectivity index (χ0) is 14.4. The van der Waals surface area contributed by atoms with Crippen LogP contribution < -0.4 is 5.32 Å². The first kappa shape index (κ1) is 15.6. The maximum atomic E-state index is 11.7. The van der Waals surface area contributed by atoms with Crippen LogP contribution in [0, 0.1) is 0 Å². The van der Waals surface area contributed by atoms with Gasteiger partial charge in [0.2, 0.25) is 0 Å². The number of rotatable bonds is 3. The molecular formula is C13H25N3O3. The predicted octanol–water partition coefficient (Wildman–Crippen LogP) is 1.66. The quantitative estimate of drug-likeness (QED) is 0.849. The second-order valence-electron chi connectivity index (χ2n) is 5.16. The Morgan fingerprint density at radius 2 is 1.95 bits per heavy atom. The molecule has 0 aromatic carbocycles. The van der Waals surface area contributed by atoms with E-state index < -0.39 is 0 Å². The molecular weight excluding hydrogens is 246 g/mol. The van der Waals surface area contributed by atoms with Crippen LogP contribution in [0.1, 0.15) is 33.6 Å². The van der Waals surface area contributed by atoms with Gasteiger partial charge in [0.1, 0.15) is 0 Å². The van der Waals surface area contributed by atoms with Crippen LogP contribution in [0.15, 0.2) is 0 Å². The second-order valence-corrected chi connectivity index (χ2v) is 5.16. The first-order valence-corrected chi connectivity index (χ1v) is 6.91. The molecule has 0 atom stereocenters. The van der Waals surface area contributed by atoms with Crippen LogP contribution in [0.25, 0.3) is 0 Å². The van der Waals surface area contributed by atoms with Crippen molar-refractivity contribution >= 4 is 12.1 Å². The monoisotopic (exact) mass is 271 g/mol. The first-order chi connectivity index (χ1) is 8.93. The van der Waals surface area contributed by atoms with Gasteiger partial charge >= 0.3 is 12.1 Å². The molecule has 0 unspecified atom stereocenters. The van der Waals surface area contributed by atoms with Crippen molar-refractivity contribution in [2.24, 2.45) is 0 Å². The van der Waals surface area contributed by atoms with Gasteiger partial charge in [0.25, 0.3) is 0 Å². The Bertz CT molecular complexity index is 312. The second kappa shape index (κ2) is 7.21. The topological polar surface area (TPSA) is 61.9 Å². The number of hydrogen-bond donors (Lipinski definition) is 1. The zero-order valence-electron chi connectivity index (χ0n) is 12.3. The van der Waals surface area contributed by atoms with Crippen molar-refractivity contribution in [1.29, 1.82) is 0 Å². The molecule has 1 aliphatic rings. The molecule has 0 bridgehead atoms. The summed E-state index contributed by atoms with van der Waals surface area (Å²) in [6.07, 6.45) is 1.20. The summed E-state index contributed by atoms with van der Waals surface area (Å²) in [5, 5.41) is 2.98. The number of nitrogens with zero attached hydrogens (tertiary/aromatic N) is 2. The number of urea groups is 1. The maximum Gasteiger partial charge on any atom is 0.410 e. The maximum absolute atomic E-state index is 11.7. The largest absolute Gasteiger partial charge is 0.447 e. The SMILES string of the molecule is CCN(C)C(=O)NC1CCN(C(=O)OC(C)C)CC1. The molecule has 0 aliphatic carbocycles. The van der Waals surface area contributed by atoms with Crippen LogP contribution >= 0.6 is 0 Å². The van der Waals surface area contributed by atoms with Crippen LogP contribution in [-0.4, -0.2) is 60.8 Å². The van der Waals surface area contributed by atoms with Gasteiger partial charge in [-0.3, -0.25) is 0 Å². The van der Waals surface area contributed by atoms with Crippen molar-refractivity contribution in [3.8, 4) is 0 Å².